The van der Waals surface area contributed by atoms with E-state index in [4.69, 9.17) is 5.26 Å². The monoisotopic (exact) mass is 264 g/mol. The zero-order valence-corrected chi connectivity index (χ0v) is 11.6. The van der Waals surface area contributed by atoms with Gasteiger partial charge in [-0.1, -0.05) is 6.92 Å². The number of hydrogen-bond acceptors (Lipinski definition) is 4. The minimum Gasteiger partial charge on any atom is -0.389 e. The first-order valence-electron chi connectivity index (χ1n) is 6.53. The van der Waals surface area contributed by atoms with Crippen molar-refractivity contribution in [3.8, 4) is 6.07 Å². The number of nitriles is 1. The lowest BCUT2D eigenvalue weighted by Crippen LogP contribution is -2.43. The molecule has 18 heavy (non-hydrogen) atoms. The molecule has 1 aromatic heterocycles. The summed E-state index contributed by atoms with van der Waals surface area (Å²) in [4.78, 5) is 1.90. The van der Waals surface area contributed by atoms with Crippen molar-refractivity contribution < 1.29 is 5.11 Å². The maximum Gasteiger partial charge on any atom is 0.110 e. The van der Waals surface area contributed by atoms with Crippen LogP contribution in [0.3, 0.4) is 0 Å². The van der Waals surface area contributed by atoms with Crippen LogP contribution in [0.1, 0.15) is 42.4 Å². The summed E-state index contributed by atoms with van der Waals surface area (Å²) in [7, 11) is 0. The third kappa shape index (κ3) is 3.55. The predicted molar refractivity (Wildman–Crippen MR) is 73.3 cm³/mol. The Morgan fingerprint density at radius 2 is 2.22 bits per heavy atom. The third-order valence-electron chi connectivity index (χ3n) is 3.73. The van der Waals surface area contributed by atoms with Gasteiger partial charge in [0.05, 0.1) is 5.60 Å². The summed E-state index contributed by atoms with van der Waals surface area (Å²) >= 11 is 1.51. The van der Waals surface area contributed by atoms with Crippen molar-refractivity contribution in [2.75, 3.05) is 6.54 Å². The number of aliphatic hydroxyl groups is 1. The van der Waals surface area contributed by atoms with Gasteiger partial charge in [0.2, 0.25) is 0 Å². The maximum atomic E-state index is 10.4. The fourth-order valence-corrected chi connectivity index (χ4v) is 3.20. The summed E-state index contributed by atoms with van der Waals surface area (Å²) in [6.07, 6.45) is 4.04. The lowest BCUT2D eigenvalue weighted by atomic mass is 9.79. The second-order valence-electron chi connectivity index (χ2n) is 5.39. The van der Waals surface area contributed by atoms with E-state index in [1.807, 2.05) is 12.1 Å². The standard InChI is InChI=1S/C14H20N2OS/c1-11-4-6-14(17,7-5-11)10-16-9-13-3-2-12(8-15)18-13/h2-3,11,16-17H,4-7,9-10H2,1H3. The molecule has 0 aliphatic heterocycles. The zero-order chi connectivity index (χ0) is 13.0. The highest BCUT2D eigenvalue weighted by molar-refractivity contribution is 7.12. The van der Waals surface area contributed by atoms with Crippen molar-refractivity contribution in [1.82, 2.24) is 5.32 Å². The van der Waals surface area contributed by atoms with E-state index in [2.05, 4.69) is 18.3 Å². The molecule has 1 saturated carbocycles. The van der Waals surface area contributed by atoms with Gasteiger partial charge in [0.1, 0.15) is 10.9 Å². The molecule has 0 spiro atoms. The normalized spacial score (nSPS) is 27.9. The van der Waals surface area contributed by atoms with Gasteiger partial charge in [0.15, 0.2) is 0 Å². The molecule has 0 amide bonds. The van der Waals surface area contributed by atoms with E-state index in [1.54, 1.807) is 0 Å². The third-order valence-corrected chi connectivity index (χ3v) is 4.72. The van der Waals surface area contributed by atoms with Crippen LogP contribution in [-0.2, 0) is 6.54 Å². The van der Waals surface area contributed by atoms with Gasteiger partial charge < -0.3 is 10.4 Å². The highest BCUT2D eigenvalue weighted by atomic mass is 32.1. The molecule has 1 fully saturated rings. The van der Waals surface area contributed by atoms with E-state index in [-0.39, 0.29) is 0 Å². The molecule has 0 unspecified atom stereocenters. The molecule has 98 valence electrons. The van der Waals surface area contributed by atoms with Gasteiger partial charge in [-0.05, 0) is 43.7 Å². The topological polar surface area (TPSA) is 56.0 Å². The number of nitrogens with one attached hydrogen (secondary N) is 1. The zero-order valence-electron chi connectivity index (χ0n) is 10.8. The van der Waals surface area contributed by atoms with Crippen LogP contribution in [0.2, 0.25) is 0 Å². The van der Waals surface area contributed by atoms with Crippen LogP contribution in [0.15, 0.2) is 12.1 Å². The lowest BCUT2D eigenvalue weighted by Gasteiger charge is -2.35. The Morgan fingerprint density at radius 1 is 1.50 bits per heavy atom. The van der Waals surface area contributed by atoms with Gasteiger partial charge >= 0.3 is 0 Å². The van der Waals surface area contributed by atoms with Gasteiger partial charge in [-0.15, -0.1) is 11.3 Å². The molecule has 1 aliphatic carbocycles. The Kier molecular flexibility index (Phi) is 4.39. The molecule has 1 heterocycles. The highest BCUT2D eigenvalue weighted by Crippen LogP contribution is 2.31. The van der Waals surface area contributed by atoms with Crippen LogP contribution >= 0.6 is 11.3 Å². The Hall–Kier alpha value is -0.890. The molecule has 2 N–H and O–H groups in total. The fourth-order valence-electron chi connectivity index (χ4n) is 2.43. The largest absolute Gasteiger partial charge is 0.389 e. The summed E-state index contributed by atoms with van der Waals surface area (Å²) < 4.78 is 0. The van der Waals surface area contributed by atoms with Crippen molar-refractivity contribution in [2.24, 2.45) is 5.92 Å². The van der Waals surface area contributed by atoms with Gasteiger partial charge in [-0.2, -0.15) is 5.26 Å². The van der Waals surface area contributed by atoms with Crippen molar-refractivity contribution in [1.29, 1.82) is 5.26 Å². The average Bonchev–Trinajstić information content (AvgIpc) is 2.81. The number of thiophene rings is 1. The molecule has 0 aromatic carbocycles. The maximum absolute atomic E-state index is 10.4. The van der Waals surface area contributed by atoms with Crippen molar-refractivity contribution in [3.63, 3.8) is 0 Å². The molecule has 0 atom stereocenters. The first-order valence-corrected chi connectivity index (χ1v) is 7.35. The van der Waals surface area contributed by atoms with Crippen LogP contribution in [0, 0.1) is 17.2 Å². The molecular formula is C14H20N2OS. The van der Waals surface area contributed by atoms with Gasteiger partial charge in [-0.3, -0.25) is 0 Å². The Morgan fingerprint density at radius 3 is 2.83 bits per heavy atom. The second-order valence-corrected chi connectivity index (χ2v) is 6.56. The van der Waals surface area contributed by atoms with Crippen LogP contribution in [0.4, 0.5) is 0 Å². The smallest absolute Gasteiger partial charge is 0.110 e. The van der Waals surface area contributed by atoms with E-state index in [0.717, 1.165) is 47.9 Å². The molecule has 2 rings (SSSR count). The highest BCUT2D eigenvalue weighted by Gasteiger charge is 2.31. The Labute approximate surface area is 112 Å². The number of hydrogen-bond donors (Lipinski definition) is 2. The van der Waals surface area contributed by atoms with Crippen LogP contribution in [-0.4, -0.2) is 17.3 Å². The molecule has 3 nitrogen and oxygen atoms in total. The minimum atomic E-state index is -0.526. The first kappa shape index (κ1) is 13.5. The van der Waals surface area contributed by atoms with Gasteiger partial charge in [0.25, 0.3) is 0 Å². The summed E-state index contributed by atoms with van der Waals surface area (Å²) in [5, 5.41) is 22.5. The Bertz CT molecular complexity index is 427. The van der Waals surface area contributed by atoms with Crippen LogP contribution in [0.5, 0.6) is 0 Å². The SMILES string of the molecule is CC1CCC(O)(CNCc2ccc(C#N)s2)CC1. The van der Waals surface area contributed by atoms with Crippen molar-refractivity contribution in [2.45, 2.75) is 44.8 Å². The van der Waals surface area contributed by atoms with Gasteiger partial charge in [-0.25, -0.2) is 0 Å². The molecule has 0 bridgehead atoms. The van der Waals surface area contributed by atoms with Crippen molar-refractivity contribution >= 4 is 11.3 Å². The molecule has 1 aliphatic rings. The molecule has 4 heteroatoms. The predicted octanol–water partition coefficient (Wildman–Crippen LogP) is 2.65. The van der Waals surface area contributed by atoms with Gasteiger partial charge in [0, 0.05) is 18.0 Å². The molecular weight excluding hydrogens is 244 g/mol. The van der Waals surface area contributed by atoms with E-state index in [9.17, 15) is 5.11 Å². The Balaban J connectivity index is 1.76. The molecule has 0 saturated heterocycles. The lowest BCUT2D eigenvalue weighted by molar-refractivity contribution is -0.00625. The first-order chi connectivity index (χ1) is 8.61. The van der Waals surface area contributed by atoms with E-state index >= 15 is 0 Å². The number of nitrogens with zero attached hydrogens (tertiary/aromatic N) is 1. The summed E-state index contributed by atoms with van der Waals surface area (Å²) in [5.74, 6) is 0.751. The molecule has 0 radical (unpaired) electrons. The van der Waals surface area contributed by atoms with Crippen LogP contribution in [0.25, 0.3) is 0 Å². The number of rotatable bonds is 4. The van der Waals surface area contributed by atoms with Crippen molar-refractivity contribution in [3.05, 3.63) is 21.9 Å². The van der Waals surface area contributed by atoms with E-state index < -0.39 is 5.60 Å². The summed E-state index contributed by atoms with van der Waals surface area (Å²) in [6.45, 7) is 3.64. The van der Waals surface area contributed by atoms with E-state index in [1.165, 1.54) is 11.3 Å². The average molecular weight is 264 g/mol. The quantitative estimate of drug-likeness (QED) is 0.879. The fraction of sp³-hybridized carbons (Fsp3) is 0.643. The minimum absolute atomic E-state index is 0.526. The second kappa shape index (κ2) is 5.83. The molecule has 1 aromatic rings. The van der Waals surface area contributed by atoms with E-state index in [0.29, 0.717) is 6.54 Å². The van der Waals surface area contributed by atoms with Crippen LogP contribution < -0.4 is 5.32 Å². The summed E-state index contributed by atoms with van der Waals surface area (Å²) in [5.41, 5.74) is -0.526. The summed E-state index contributed by atoms with van der Waals surface area (Å²) in [6, 6.07) is 5.96.